The third kappa shape index (κ3) is 5.24. The van der Waals surface area contributed by atoms with Crippen molar-refractivity contribution in [1.29, 1.82) is 5.26 Å². The number of thiazole rings is 1. The molecule has 6 nitrogen and oxygen atoms in total. The molecular weight excluding hydrogens is 487 g/mol. The third-order valence-corrected chi connectivity index (χ3v) is 5.48. The van der Waals surface area contributed by atoms with Gasteiger partial charge in [-0.3, -0.25) is 14.2 Å². The molecule has 1 aromatic heterocycles. The first-order valence-corrected chi connectivity index (χ1v) is 10.9. The molecule has 0 saturated carbocycles. The molecule has 0 aliphatic heterocycles. The number of carbonyl (C=O) groups excluding carboxylic acids is 1. The molecule has 0 spiro atoms. The maximum absolute atomic E-state index is 12.7. The molecule has 1 aromatic carbocycles. The van der Waals surface area contributed by atoms with Crippen LogP contribution in [0.15, 0.2) is 29.1 Å². The van der Waals surface area contributed by atoms with Crippen LogP contribution in [0.3, 0.4) is 0 Å². The van der Waals surface area contributed by atoms with Crippen LogP contribution in [-0.4, -0.2) is 21.4 Å². The molecule has 2 N–H and O–H groups in total. The van der Waals surface area contributed by atoms with Crippen molar-refractivity contribution >= 4 is 57.3 Å². The van der Waals surface area contributed by atoms with E-state index < -0.39 is 5.91 Å². The molecule has 0 fully saturated rings. The zero-order valence-corrected chi connectivity index (χ0v) is 18.3. The molecule has 0 aliphatic carbocycles. The van der Waals surface area contributed by atoms with Crippen LogP contribution in [0, 0.1) is 23.7 Å². The lowest BCUT2D eigenvalue weighted by molar-refractivity contribution is -0.115. The van der Waals surface area contributed by atoms with Crippen molar-refractivity contribution in [3.63, 3.8) is 0 Å². The Hall–Kier alpha value is -2.56. The highest BCUT2D eigenvalue weighted by molar-refractivity contribution is 14.1. The van der Waals surface area contributed by atoms with E-state index in [1.165, 1.54) is 10.1 Å². The lowest BCUT2D eigenvalue weighted by atomic mass is 10.1. The maximum Gasteiger partial charge on any atom is 0.270 e. The number of nitrogens with one attached hydrogen (secondary N) is 2. The Bertz CT molecular complexity index is 1120. The van der Waals surface area contributed by atoms with Crippen molar-refractivity contribution in [1.82, 2.24) is 9.88 Å². The fourth-order valence-corrected chi connectivity index (χ4v) is 4.19. The molecule has 0 saturated heterocycles. The molecule has 144 valence electrons. The number of terminal acetylenes is 1. The van der Waals surface area contributed by atoms with E-state index in [1.54, 1.807) is 13.1 Å². The summed E-state index contributed by atoms with van der Waals surface area (Å²) in [6, 6.07) is 9.85. The number of aromatic nitrogens is 1. The second-order valence-corrected chi connectivity index (χ2v) is 7.73. The lowest BCUT2D eigenvalue weighted by Gasteiger charge is -2.03. The van der Waals surface area contributed by atoms with Gasteiger partial charge in [0.25, 0.3) is 11.5 Å². The second kappa shape index (κ2) is 10.7. The number of nitriles is 1. The minimum absolute atomic E-state index is 0.0137. The van der Waals surface area contributed by atoms with Crippen molar-refractivity contribution in [2.24, 2.45) is 0 Å². The molecule has 0 radical (unpaired) electrons. The summed E-state index contributed by atoms with van der Waals surface area (Å²) in [6.07, 6.45) is 7.72. The van der Waals surface area contributed by atoms with Crippen LogP contribution in [0.2, 0.25) is 0 Å². The summed E-state index contributed by atoms with van der Waals surface area (Å²) in [5, 5.41) is 15.0. The van der Waals surface area contributed by atoms with Gasteiger partial charge in [0.1, 0.15) is 15.3 Å². The van der Waals surface area contributed by atoms with Gasteiger partial charge in [0.05, 0.1) is 6.54 Å². The van der Waals surface area contributed by atoms with Crippen molar-refractivity contribution in [2.75, 3.05) is 16.3 Å². The number of rotatable bonds is 7. The Balaban J connectivity index is 2.49. The molecule has 2 aromatic rings. The summed E-state index contributed by atoms with van der Waals surface area (Å²) < 4.78 is 3.16. The van der Waals surface area contributed by atoms with E-state index in [-0.39, 0.29) is 17.7 Å². The third-order valence-electron chi connectivity index (χ3n) is 3.81. The number of hydrogen-bond donors (Lipinski definition) is 2. The van der Waals surface area contributed by atoms with Crippen molar-refractivity contribution < 1.29 is 4.79 Å². The molecule has 8 heteroatoms. The molecule has 0 aliphatic rings. The number of alkyl halides is 1. The van der Waals surface area contributed by atoms with E-state index >= 15 is 0 Å². The second-order valence-electron chi connectivity index (χ2n) is 5.62. The van der Waals surface area contributed by atoms with E-state index in [2.05, 4.69) is 45.2 Å². The molecule has 1 amide bonds. The number of benzene rings is 1. The van der Waals surface area contributed by atoms with E-state index in [0.29, 0.717) is 15.7 Å². The summed E-state index contributed by atoms with van der Waals surface area (Å²) in [6.45, 7) is 2.15. The topological polar surface area (TPSA) is 86.9 Å². The van der Waals surface area contributed by atoms with Gasteiger partial charge in [0.2, 0.25) is 0 Å². The predicted octanol–water partition coefficient (Wildman–Crippen LogP) is 1.18. The van der Waals surface area contributed by atoms with Crippen molar-refractivity contribution in [2.45, 2.75) is 19.9 Å². The minimum atomic E-state index is -0.588. The summed E-state index contributed by atoms with van der Waals surface area (Å²) in [4.78, 5) is 24.9. The standard InChI is InChI=1S/C20H19IN4O2S/c1-3-10-23-18(26)16(12-22)20-25(4-2)19(27)17(28-20)13-24-15-7-5-6-14(11-15)8-9-21/h1,5-7,11,13,24H,4,8-10H2,2H3,(H,23,26)/b17-13+,20-16-. The summed E-state index contributed by atoms with van der Waals surface area (Å²) in [7, 11) is 0. The number of carbonyl (C=O) groups is 1. The highest BCUT2D eigenvalue weighted by Gasteiger charge is 2.14. The SMILES string of the molecule is C#CCNC(=O)/C(C#N)=c1\s/c(=C/Nc2cccc(CCI)c2)c(=O)n1CC. The molecule has 2 rings (SSSR count). The molecule has 28 heavy (non-hydrogen) atoms. The number of aryl methyl sites for hydroxylation is 1. The summed E-state index contributed by atoms with van der Waals surface area (Å²) >= 11 is 3.43. The highest BCUT2D eigenvalue weighted by atomic mass is 127. The van der Waals surface area contributed by atoms with E-state index in [0.717, 1.165) is 27.9 Å². The Morgan fingerprint density at radius 3 is 2.89 bits per heavy atom. The smallest absolute Gasteiger partial charge is 0.270 e. The number of hydrogen-bond acceptors (Lipinski definition) is 5. The van der Waals surface area contributed by atoms with Gasteiger partial charge in [0, 0.05) is 22.9 Å². The summed E-state index contributed by atoms with van der Waals surface area (Å²) in [5.41, 5.74) is 1.70. The number of halogens is 1. The van der Waals surface area contributed by atoms with Gasteiger partial charge in [-0.25, -0.2) is 0 Å². The number of nitrogens with zero attached hydrogens (tertiary/aromatic N) is 2. The fourth-order valence-electron chi connectivity index (χ4n) is 2.48. The van der Waals surface area contributed by atoms with Crippen LogP contribution >= 0.6 is 33.9 Å². The van der Waals surface area contributed by atoms with E-state index in [9.17, 15) is 14.9 Å². The Labute approximate surface area is 180 Å². The molecule has 0 bridgehead atoms. The average molecular weight is 506 g/mol. The van der Waals surface area contributed by atoms with Gasteiger partial charge in [-0.1, -0.05) is 40.6 Å². The van der Waals surface area contributed by atoms with Crippen LogP contribution in [0.5, 0.6) is 0 Å². The minimum Gasteiger partial charge on any atom is -0.360 e. The van der Waals surface area contributed by atoms with Crippen LogP contribution in [0.25, 0.3) is 11.8 Å². The summed E-state index contributed by atoms with van der Waals surface area (Å²) in [5.74, 6) is 1.70. The van der Waals surface area contributed by atoms with Gasteiger partial charge in [0.15, 0.2) is 5.57 Å². The first kappa shape index (κ1) is 21.7. The molecule has 0 unspecified atom stereocenters. The Kier molecular flexibility index (Phi) is 8.30. The zero-order valence-electron chi connectivity index (χ0n) is 15.3. The normalized spacial score (nSPS) is 12.1. The first-order chi connectivity index (χ1) is 13.5. The van der Waals surface area contributed by atoms with Crippen molar-refractivity contribution in [3.05, 3.63) is 49.4 Å². The van der Waals surface area contributed by atoms with Crippen LogP contribution in [0.1, 0.15) is 12.5 Å². The average Bonchev–Trinajstić information content (AvgIpc) is 3.01. The van der Waals surface area contributed by atoms with Gasteiger partial charge < -0.3 is 10.6 Å². The molecule has 0 atom stereocenters. The van der Waals surface area contributed by atoms with Crippen LogP contribution < -0.4 is 25.4 Å². The molecule has 1 heterocycles. The van der Waals surface area contributed by atoms with Crippen LogP contribution in [-0.2, 0) is 17.8 Å². The number of amides is 1. The largest absolute Gasteiger partial charge is 0.360 e. The van der Waals surface area contributed by atoms with Crippen LogP contribution in [0.4, 0.5) is 5.69 Å². The van der Waals surface area contributed by atoms with Gasteiger partial charge in [-0.15, -0.1) is 17.8 Å². The highest BCUT2D eigenvalue weighted by Crippen LogP contribution is 2.11. The van der Waals surface area contributed by atoms with Gasteiger partial charge in [-0.2, -0.15) is 5.26 Å². The number of anilines is 1. The molecular formula is C20H19IN4O2S. The van der Waals surface area contributed by atoms with Crippen molar-refractivity contribution in [3.8, 4) is 18.4 Å². The first-order valence-electron chi connectivity index (χ1n) is 8.53. The monoisotopic (exact) mass is 506 g/mol. The lowest BCUT2D eigenvalue weighted by Crippen LogP contribution is -2.34. The Morgan fingerprint density at radius 1 is 1.46 bits per heavy atom. The van der Waals surface area contributed by atoms with Gasteiger partial charge >= 0.3 is 0 Å². The van der Waals surface area contributed by atoms with E-state index in [4.69, 9.17) is 6.42 Å². The Morgan fingerprint density at radius 2 is 2.25 bits per heavy atom. The quantitative estimate of drug-likeness (QED) is 0.336. The maximum atomic E-state index is 12.7. The van der Waals surface area contributed by atoms with Gasteiger partial charge in [-0.05, 0) is 31.0 Å². The fraction of sp³-hybridized carbons (Fsp3) is 0.250. The van der Waals surface area contributed by atoms with E-state index in [1.807, 2.05) is 24.3 Å². The predicted molar refractivity (Wildman–Crippen MR) is 121 cm³/mol. The zero-order chi connectivity index (χ0) is 20.5.